The minimum absolute atomic E-state index is 0.0644. The zero-order valence-corrected chi connectivity index (χ0v) is 13.4. The number of nitrogens with zero attached hydrogens (tertiary/aromatic N) is 1. The van der Waals surface area contributed by atoms with Crippen LogP contribution in [0.2, 0.25) is 0 Å². The minimum atomic E-state index is -0.476. The summed E-state index contributed by atoms with van der Waals surface area (Å²) < 4.78 is 5.19. The molecule has 1 saturated heterocycles. The monoisotopic (exact) mass is 316 g/mol. The second kappa shape index (κ2) is 7.02. The van der Waals surface area contributed by atoms with Gasteiger partial charge < -0.3 is 15.4 Å². The number of likely N-dealkylation sites (tertiary alicyclic amines) is 1. The first-order chi connectivity index (χ1) is 11.1. The summed E-state index contributed by atoms with van der Waals surface area (Å²) in [6.45, 7) is 0.617. The third-order valence-corrected chi connectivity index (χ3v) is 5.04. The summed E-state index contributed by atoms with van der Waals surface area (Å²) in [5.41, 5.74) is 6.61. The number of esters is 1. The van der Waals surface area contributed by atoms with E-state index in [1.807, 2.05) is 4.90 Å². The average molecular weight is 316 g/mol. The largest absolute Gasteiger partial charge is 0.452 e. The molecule has 3 rings (SSSR count). The Morgan fingerprint density at radius 3 is 2.57 bits per heavy atom. The highest BCUT2D eigenvalue weighted by molar-refractivity contribution is 5.91. The van der Waals surface area contributed by atoms with Gasteiger partial charge in [-0.2, -0.15) is 0 Å². The number of amides is 1. The molecule has 23 heavy (non-hydrogen) atoms. The second-order valence-corrected chi connectivity index (χ2v) is 6.54. The zero-order chi connectivity index (χ0) is 16.2. The average Bonchev–Trinajstić information content (AvgIpc) is 2.59. The number of hydrogen-bond donors (Lipinski definition) is 1. The minimum Gasteiger partial charge on any atom is -0.452 e. The molecule has 0 bridgehead atoms. The Labute approximate surface area is 136 Å². The van der Waals surface area contributed by atoms with Crippen molar-refractivity contribution in [3.63, 3.8) is 0 Å². The van der Waals surface area contributed by atoms with Crippen molar-refractivity contribution in [1.82, 2.24) is 4.90 Å². The van der Waals surface area contributed by atoms with Crippen LogP contribution < -0.4 is 5.73 Å². The molecular formula is C18H24N2O3. The van der Waals surface area contributed by atoms with E-state index in [0.717, 1.165) is 19.4 Å². The Bertz CT molecular complexity index is 568. The molecule has 1 aliphatic carbocycles. The number of benzene rings is 1. The third-order valence-electron chi connectivity index (χ3n) is 5.04. The molecule has 1 aliphatic heterocycles. The van der Waals surface area contributed by atoms with Gasteiger partial charge in [0.05, 0.1) is 5.56 Å². The zero-order valence-electron chi connectivity index (χ0n) is 13.4. The van der Waals surface area contributed by atoms with Crippen molar-refractivity contribution in [3.05, 3.63) is 29.8 Å². The van der Waals surface area contributed by atoms with Crippen LogP contribution in [0.4, 0.5) is 5.69 Å². The lowest BCUT2D eigenvalue weighted by Gasteiger charge is -2.44. The topological polar surface area (TPSA) is 72.6 Å². The molecule has 5 nitrogen and oxygen atoms in total. The van der Waals surface area contributed by atoms with Crippen LogP contribution in [0.15, 0.2) is 24.3 Å². The van der Waals surface area contributed by atoms with Crippen LogP contribution in [0.25, 0.3) is 0 Å². The van der Waals surface area contributed by atoms with Gasteiger partial charge in [0.25, 0.3) is 5.91 Å². The molecule has 2 N–H and O–H groups in total. The fourth-order valence-corrected chi connectivity index (χ4v) is 3.85. The number of anilines is 1. The number of fused-ring (bicyclic) bond motifs is 1. The predicted molar refractivity (Wildman–Crippen MR) is 87.8 cm³/mol. The first-order valence-electron chi connectivity index (χ1n) is 8.47. The first kappa shape index (κ1) is 15.8. The quantitative estimate of drug-likeness (QED) is 0.687. The van der Waals surface area contributed by atoms with Gasteiger partial charge in [-0.3, -0.25) is 4.79 Å². The van der Waals surface area contributed by atoms with Crippen LogP contribution in [0.5, 0.6) is 0 Å². The van der Waals surface area contributed by atoms with Gasteiger partial charge in [-0.15, -0.1) is 0 Å². The van der Waals surface area contributed by atoms with Crippen molar-refractivity contribution in [1.29, 1.82) is 0 Å². The molecule has 2 atom stereocenters. The third kappa shape index (κ3) is 3.66. The van der Waals surface area contributed by atoms with Gasteiger partial charge in [-0.05, 0) is 55.9 Å². The van der Waals surface area contributed by atoms with E-state index in [-0.39, 0.29) is 12.5 Å². The molecule has 0 aromatic heterocycles. The summed E-state index contributed by atoms with van der Waals surface area (Å²) in [4.78, 5) is 26.4. The molecule has 1 amide bonds. The van der Waals surface area contributed by atoms with E-state index in [4.69, 9.17) is 10.5 Å². The molecule has 1 saturated carbocycles. The first-order valence-corrected chi connectivity index (χ1v) is 8.47. The number of piperidine rings is 1. The SMILES string of the molecule is Nc1ccc(C(=O)OCC(=O)N2CCC[C@H]3CCCC[C@@H]32)cc1. The van der Waals surface area contributed by atoms with Crippen molar-refractivity contribution in [2.24, 2.45) is 5.92 Å². The summed E-state index contributed by atoms with van der Waals surface area (Å²) in [6, 6.07) is 6.87. The number of carbonyl (C=O) groups is 2. The van der Waals surface area contributed by atoms with Gasteiger partial charge in [0.1, 0.15) is 0 Å². The number of ether oxygens (including phenoxy) is 1. The van der Waals surface area contributed by atoms with Crippen LogP contribution in [-0.4, -0.2) is 36.0 Å². The van der Waals surface area contributed by atoms with Gasteiger partial charge in [-0.1, -0.05) is 12.8 Å². The summed E-state index contributed by atoms with van der Waals surface area (Å²) in [6.07, 6.45) is 7.05. The lowest BCUT2D eigenvalue weighted by atomic mass is 9.78. The van der Waals surface area contributed by atoms with E-state index in [1.165, 1.54) is 25.7 Å². The van der Waals surface area contributed by atoms with E-state index in [9.17, 15) is 9.59 Å². The van der Waals surface area contributed by atoms with E-state index in [2.05, 4.69) is 0 Å². The van der Waals surface area contributed by atoms with Crippen molar-refractivity contribution in [3.8, 4) is 0 Å². The highest BCUT2D eigenvalue weighted by atomic mass is 16.5. The molecule has 1 aromatic carbocycles. The number of hydrogen-bond acceptors (Lipinski definition) is 4. The number of nitrogens with two attached hydrogens (primary N) is 1. The maximum atomic E-state index is 12.5. The van der Waals surface area contributed by atoms with Crippen molar-refractivity contribution in [2.45, 2.75) is 44.6 Å². The molecule has 0 unspecified atom stereocenters. The van der Waals surface area contributed by atoms with Crippen LogP contribution in [0.3, 0.4) is 0 Å². The Kier molecular flexibility index (Phi) is 4.84. The fourth-order valence-electron chi connectivity index (χ4n) is 3.85. The molecule has 124 valence electrons. The van der Waals surface area contributed by atoms with E-state index in [0.29, 0.717) is 23.2 Å². The van der Waals surface area contributed by atoms with Crippen molar-refractivity contribution >= 4 is 17.6 Å². The number of carbonyl (C=O) groups excluding carboxylic acids is 2. The maximum Gasteiger partial charge on any atom is 0.338 e. The summed E-state index contributed by atoms with van der Waals surface area (Å²) in [5, 5.41) is 0. The highest BCUT2D eigenvalue weighted by Gasteiger charge is 2.35. The lowest BCUT2D eigenvalue weighted by Crippen LogP contribution is -2.50. The smallest absolute Gasteiger partial charge is 0.338 e. The van der Waals surface area contributed by atoms with Crippen LogP contribution >= 0.6 is 0 Å². The molecule has 2 aliphatic rings. The molecule has 0 radical (unpaired) electrons. The Morgan fingerprint density at radius 1 is 1.09 bits per heavy atom. The van der Waals surface area contributed by atoms with Gasteiger partial charge >= 0.3 is 5.97 Å². The Balaban J connectivity index is 1.56. The predicted octanol–water partition coefficient (Wildman–Crippen LogP) is 2.61. The van der Waals surface area contributed by atoms with Crippen molar-refractivity contribution in [2.75, 3.05) is 18.9 Å². The molecule has 5 heteroatoms. The Hall–Kier alpha value is -2.04. The van der Waals surface area contributed by atoms with E-state index in [1.54, 1.807) is 24.3 Å². The van der Waals surface area contributed by atoms with Crippen LogP contribution in [0, 0.1) is 5.92 Å². The van der Waals surface area contributed by atoms with Crippen LogP contribution in [-0.2, 0) is 9.53 Å². The molecular weight excluding hydrogens is 292 g/mol. The van der Waals surface area contributed by atoms with Gasteiger partial charge in [0.15, 0.2) is 6.61 Å². The van der Waals surface area contributed by atoms with E-state index >= 15 is 0 Å². The fraction of sp³-hybridized carbons (Fsp3) is 0.556. The van der Waals surface area contributed by atoms with Crippen molar-refractivity contribution < 1.29 is 14.3 Å². The number of rotatable bonds is 3. The summed E-state index contributed by atoms with van der Waals surface area (Å²) >= 11 is 0. The summed E-state index contributed by atoms with van der Waals surface area (Å²) in [5.74, 6) is 0.0928. The van der Waals surface area contributed by atoms with Gasteiger partial charge in [0.2, 0.25) is 0 Å². The molecule has 0 spiro atoms. The number of nitrogen functional groups attached to an aromatic ring is 1. The van der Waals surface area contributed by atoms with Gasteiger partial charge in [-0.25, -0.2) is 4.79 Å². The second-order valence-electron chi connectivity index (χ2n) is 6.54. The van der Waals surface area contributed by atoms with Crippen LogP contribution in [0.1, 0.15) is 48.9 Å². The van der Waals surface area contributed by atoms with Gasteiger partial charge in [0, 0.05) is 18.3 Å². The van der Waals surface area contributed by atoms with E-state index < -0.39 is 5.97 Å². The lowest BCUT2D eigenvalue weighted by molar-refractivity contribution is -0.140. The molecule has 2 fully saturated rings. The highest BCUT2D eigenvalue weighted by Crippen LogP contribution is 2.35. The molecule has 1 aromatic rings. The normalized spacial score (nSPS) is 23.9. The Morgan fingerprint density at radius 2 is 1.78 bits per heavy atom. The standard InChI is InChI=1S/C18H24N2O3/c19-15-9-7-14(8-10-15)18(22)23-12-17(21)20-11-3-5-13-4-1-2-6-16(13)20/h7-10,13,16H,1-6,11-12,19H2/t13-,16+/m1/s1. The summed E-state index contributed by atoms with van der Waals surface area (Å²) in [7, 11) is 0. The maximum absolute atomic E-state index is 12.5. The molecule has 1 heterocycles.